The van der Waals surface area contributed by atoms with E-state index in [9.17, 15) is 0 Å². The van der Waals surface area contributed by atoms with Gasteiger partial charge in [-0.2, -0.15) is 0 Å². The number of hydrogen-bond acceptors (Lipinski definition) is 1. The third-order valence-electron chi connectivity index (χ3n) is 1.92. The third kappa shape index (κ3) is 1.01. The Morgan fingerprint density at radius 1 is 0.778 bits per heavy atom. The van der Waals surface area contributed by atoms with Gasteiger partial charge in [-0.3, -0.25) is 0 Å². The van der Waals surface area contributed by atoms with Crippen LogP contribution < -0.4 is 0 Å². The zero-order chi connectivity index (χ0) is 7.02. The van der Waals surface area contributed by atoms with Gasteiger partial charge in [-0.1, -0.05) is 0 Å². The first kappa shape index (κ1) is 6.81. The van der Waals surface area contributed by atoms with Crippen molar-refractivity contribution >= 4 is 11.3 Å². The molecule has 0 nitrogen and oxygen atoms in total. The number of hydrogen-bond donors (Lipinski definition) is 0. The van der Waals surface area contributed by atoms with Crippen LogP contribution in [0, 0.1) is 27.7 Å². The van der Waals surface area contributed by atoms with Gasteiger partial charge in [0, 0.05) is 9.75 Å². The maximum Gasteiger partial charge on any atom is 0.00489 e. The van der Waals surface area contributed by atoms with Crippen molar-refractivity contribution in [3.8, 4) is 0 Å². The van der Waals surface area contributed by atoms with Crippen molar-refractivity contribution in [1.82, 2.24) is 0 Å². The third-order valence-corrected chi connectivity index (χ3v) is 3.15. The predicted octanol–water partition coefficient (Wildman–Crippen LogP) is 2.98. The van der Waals surface area contributed by atoms with E-state index in [2.05, 4.69) is 27.7 Å². The van der Waals surface area contributed by atoms with Crippen molar-refractivity contribution in [1.29, 1.82) is 0 Å². The molecule has 0 aliphatic rings. The molecule has 0 atom stereocenters. The first-order chi connectivity index (χ1) is 4.13. The van der Waals surface area contributed by atoms with Crippen LogP contribution in [-0.4, -0.2) is 0 Å². The van der Waals surface area contributed by atoms with Crippen LogP contribution in [0.4, 0.5) is 0 Å². The summed E-state index contributed by atoms with van der Waals surface area (Å²) in [4.78, 5) is 2.93. The topological polar surface area (TPSA) is 0 Å². The van der Waals surface area contributed by atoms with E-state index in [0.717, 1.165) is 0 Å². The zero-order valence-electron chi connectivity index (χ0n) is 6.41. The highest BCUT2D eigenvalue weighted by molar-refractivity contribution is 7.12. The van der Waals surface area contributed by atoms with Gasteiger partial charge in [0.05, 0.1) is 0 Å². The minimum Gasteiger partial charge on any atom is -0.145 e. The predicted molar refractivity (Wildman–Crippen MR) is 43.3 cm³/mol. The Balaban J connectivity index is 3.29. The summed E-state index contributed by atoms with van der Waals surface area (Å²) in [5.41, 5.74) is 2.94. The Bertz CT molecular complexity index is 198. The lowest BCUT2D eigenvalue weighted by atomic mass is 10.2. The van der Waals surface area contributed by atoms with E-state index >= 15 is 0 Å². The summed E-state index contributed by atoms with van der Waals surface area (Å²) >= 11 is 1.90. The van der Waals surface area contributed by atoms with Gasteiger partial charge in [0.1, 0.15) is 0 Å². The highest BCUT2D eigenvalue weighted by atomic mass is 32.1. The molecule has 0 spiro atoms. The summed E-state index contributed by atoms with van der Waals surface area (Å²) in [7, 11) is 0. The molecule has 1 rings (SSSR count). The minimum absolute atomic E-state index is 1.46. The quantitative estimate of drug-likeness (QED) is 0.519. The normalized spacial score (nSPS) is 10.2. The lowest BCUT2D eigenvalue weighted by Crippen LogP contribution is -1.73. The summed E-state index contributed by atoms with van der Waals surface area (Å²) in [6.45, 7) is 8.74. The van der Waals surface area contributed by atoms with E-state index in [1.807, 2.05) is 11.3 Å². The lowest BCUT2D eigenvalue weighted by molar-refractivity contribution is 1.32. The molecule has 1 aromatic rings. The largest absolute Gasteiger partial charge is 0.145 e. The fourth-order valence-electron chi connectivity index (χ4n) is 0.911. The number of thiophene rings is 1. The fourth-order valence-corrected chi connectivity index (χ4v) is 1.98. The first-order valence-corrected chi connectivity index (χ1v) is 3.97. The Morgan fingerprint density at radius 3 is 1.22 bits per heavy atom. The van der Waals surface area contributed by atoms with Gasteiger partial charge in [-0.15, -0.1) is 11.3 Å². The average Bonchev–Trinajstić information content (AvgIpc) is 1.98. The second-order valence-electron chi connectivity index (χ2n) is 2.46. The van der Waals surface area contributed by atoms with Crippen LogP contribution in [0.15, 0.2) is 0 Å². The van der Waals surface area contributed by atoms with Gasteiger partial charge in [-0.05, 0) is 38.8 Å². The van der Waals surface area contributed by atoms with Crippen molar-refractivity contribution in [2.24, 2.45) is 0 Å². The van der Waals surface area contributed by atoms with Crippen LogP contribution in [-0.2, 0) is 0 Å². The highest BCUT2D eigenvalue weighted by Crippen LogP contribution is 2.24. The molecule has 1 heteroatoms. The van der Waals surface area contributed by atoms with Gasteiger partial charge < -0.3 is 0 Å². The molecule has 50 valence electrons. The maximum absolute atomic E-state index is 2.19. The first-order valence-electron chi connectivity index (χ1n) is 3.16. The highest BCUT2D eigenvalue weighted by Gasteiger charge is 2.02. The van der Waals surface area contributed by atoms with Crippen LogP contribution in [0.3, 0.4) is 0 Å². The van der Waals surface area contributed by atoms with Crippen LogP contribution in [0.5, 0.6) is 0 Å². The lowest BCUT2D eigenvalue weighted by Gasteiger charge is -1.88. The molecule has 0 N–H and O–H groups in total. The van der Waals surface area contributed by atoms with Crippen molar-refractivity contribution in [2.45, 2.75) is 27.7 Å². The van der Waals surface area contributed by atoms with Crippen LogP contribution in [0.25, 0.3) is 0 Å². The van der Waals surface area contributed by atoms with Crippen molar-refractivity contribution in [3.05, 3.63) is 20.9 Å². The van der Waals surface area contributed by atoms with E-state index in [-0.39, 0.29) is 0 Å². The second kappa shape index (κ2) is 2.14. The van der Waals surface area contributed by atoms with Crippen LogP contribution >= 0.6 is 11.3 Å². The molecule has 0 saturated heterocycles. The Labute approximate surface area is 60.5 Å². The van der Waals surface area contributed by atoms with Crippen molar-refractivity contribution in [2.75, 3.05) is 0 Å². The van der Waals surface area contributed by atoms with Crippen LogP contribution in [0.2, 0.25) is 0 Å². The molecule has 0 fully saturated rings. The van der Waals surface area contributed by atoms with Gasteiger partial charge >= 0.3 is 0 Å². The summed E-state index contributed by atoms with van der Waals surface area (Å²) in [5, 5.41) is 0. The smallest absolute Gasteiger partial charge is 0.00489 e. The maximum atomic E-state index is 2.19. The molecule has 0 saturated carbocycles. The molecule has 0 radical (unpaired) electrons. The van der Waals surface area contributed by atoms with E-state index in [1.165, 1.54) is 20.9 Å². The summed E-state index contributed by atoms with van der Waals surface area (Å²) in [5.74, 6) is 0. The molecular weight excluding hydrogens is 128 g/mol. The van der Waals surface area contributed by atoms with Crippen molar-refractivity contribution < 1.29 is 0 Å². The molecule has 0 unspecified atom stereocenters. The molecule has 0 aliphatic heterocycles. The minimum atomic E-state index is 1.46. The van der Waals surface area contributed by atoms with Gasteiger partial charge in [0.2, 0.25) is 0 Å². The van der Waals surface area contributed by atoms with Gasteiger partial charge in [0.25, 0.3) is 0 Å². The van der Waals surface area contributed by atoms with Gasteiger partial charge in [0.15, 0.2) is 0 Å². The van der Waals surface area contributed by atoms with Crippen molar-refractivity contribution in [3.63, 3.8) is 0 Å². The molecule has 1 aromatic heterocycles. The average molecular weight is 140 g/mol. The summed E-state index contributed by atoms with van der Waals surface area (Å²) < 4.78 is 0. The Kier molecular flexibility index (Phi) is 1.62. The molecule has 1 heterocycles. The molecule has 0 bridgehead atoms. The van der Waals surface area contributed by atoms with E-state index in [1.54, 1.807) is 0 Å². The molecule has 0 aliphatic carbocycles. The number of aryl methyl sites for hydroxylation is 2. The molecule has 0 amide bonds. The fraction of sp³-hybridized carbons (Fsp3) is 0.500. The second-order valence-corrected chi connectivity index (χ2v) is 3.89. The van der Waals surface area contributed by atoms with E-state index in [4.69, 9.17) is 0 Å². The molecular formula is C8H12S. The van der Waals surface area contributed by atoms with E-state index < -0.39 is 0 Å². The van der Waals surface area contributed by atoms with Crippen LogP contribution in [0.1, 0.15) is 20.9 Å². The number of rotatable bonds is 0. The Hall–Kier alpha value is -0.300. The SMILES string of the molecule is Cc1sc(C)c(C)c1C. The molecule has 0 aromatic carbocycles. The zero-order valence-corrected chi connectivity index (χ0v) is 7.22. The van der Waals surface area contributed by atoms with E-state index in [0.29, 0.717) is 0 Å². The monoisotopic (exact) mass is 140 g/mol. The summed E-state index contributed by atoms with van der Waals surface area (Å²) in [6.07, 6.45) is 0. The van der Waals surface area contributed by atoms with Gasteiger partial charge in [-0.25, -0.2) is 0 Å². The standard InChI is InChI=1S/C8H12S/c1-5-6(2)8(4)9-7(5)3/h1-4H3. The molecule has 9 heavy (non-hydrogen) atoms. The Morgan fingerprint density at radius 2 is 1.11 bits per heavy atom. The summed E-state index contributed by atoms with van der Waals surface area (Å²) in [6, 6.07) is 0.